The molecule has 0 unspecified atom stereocenters. The van der Waals surface area contributed by atoms with Crippen molar-refractivity contribution in [3.05, 3.63) is 86.8 Å². The van der Waals surface area contributed by atoms with Crippen LogP contribution < -0.4 is 16.0 Å². The molecule has 1 aliphatic heterocycles. The summed E-state index contributed by atoms with van der Waals surface area (Å²) in [6.07, 6.45) is 1.52. The minimum Gasteiger partial charge on any atom is -0.497 e. The van der Waals surface area contributed by atoms with E-state index in [-0.39, 0.29) is 11.2 Å². The van der Waals surface area contributed by atoms with Crippen molar-refractivity contribution in [3.8, 4) is 17.0 Å². The highest BCUT2D eigenvalue weighted by molar-refractivity contribution is 5.97. The molecule has 0 amide bonds. The molecule has 34 heavy (non-hydrogen) atoms. The molecule has 1 aliphatic rings. The molecule has 2 aromatic carbocycles. The van der Waals surface area contributed by atoms with Crippen molar-refractivity contribution in [1.29, 1.82) is 0 Å². The fraction of sp³-hybridized carbons (Fsp3) is 0.231. The van der Waals surface area contributed by atoms with Gasteiger partial charge < -0.3 is 19.0 Å². The van der Waals surface area contributed by atoms with E-state index in [1.165, 1.54) is 11.6 Å². The van der Waals surface area contributed by atoms with Gasteiger partial charge in [0.2, 0.25) is 0 Å². The number of ether oxygens (including phenoxy) is 2. The Bertz CT molecular complexity index is 1680. The van der Waals surface area contributed by atoms with E-state index in [0.717, 1.165) is 39.2 Å². The lowest BCUT2D eigenvalue weighted by Gasteiger charge is -2.27. The van der Waals surface area contributed by atoms with Crippen LogP contribution in [-0.4, -0.2) is 32.4 Å². The van der Waals surface area contributed by atoms with Crippen molar-refractivity contribution in [3.63, 3.8) is 0 Å². The van der Waals surface area contributed by atoms with Crippen LogP contribution in [0.1, 0.15) is 17.4 Å². The van der Waals surface area contributed by atoms with E-state index in [9.17, 15) is 9.59 Å². The van der Waals surface area contributed by atoms with Crippen molar-refractivity contribution in [1.82, 2.24) is 18.7 Å². The lowest BCUT2D eigenvalue weighted by molar-refractivity contribution is 0.0487. The number of fused-ring (bicyclic) bond motifs is 4. The molecule has 0 aliphatic carbocycles. The number of aromatic amines is 1. The van der Waals surface area contributed by atoms with E-state index in [0.29, 0.717) is 24.1 Å². The standard InChI is InChI=1S/C26H24N4O4/c1-28-22-20(25(31)29(2)26(28)32)21(15-8-10-16(33-3)11-9-15)30-12-13-34-24(23(22)30)18-14-27-19-7-5-4-6-17(18)19/h4-11,14,24,27H,12-13H2,1-3H3/t24-/m0/s1. The SMILES string of the molecule is COc1ccc(-c2c3c(=O)n(C)c(=O)n(C)c3c3n2CCO[C@H]3c2c[nH]c3ccccc23)cc1. The average molecular weight is 457 g/mol. The number of rotatable bonds is 3. The number of aryl methyl sites for hydroxylation is 1. The summed E-state index contributed by atoms with van der Waals surface area (Å²) in [5.74, 6) is 0.735. The first kappa shape index (κ1) is 20.6. The maximum absolute atomic E-state index is 13.5. The molecule has 5 aromatic rings. The van der Waals surface area contributed by atoms with Gasteiger partial charge in [-0.15, -0.1) is 0 Å². The number of nitrogens with one attached hydrogen (secondary N) is 1. The first-order chi connectivity index (χ1) is 16.5. The third-order valence-corrected chi connectivity index (χ3v) is 6.82. The molecule has 172 valence electrons. The molecule has 0 bridgehead atoms. The van der Waals surface area contributed by atoms with Crippen LogP contribution >= 0.6 is 0 Å². The smallest absolute Gasteiger partial charge is 0.331 e. The second-order valence-corrected chi connectivity index (χ2v) is 8.58. The van der Waals surface area contributed by atoms with Gasteiger partial charge in [0, 0.05) is 43.3 Å². The highest BCUT2D eigenvalue weighted by atomic mass is 16.5. The van der Waals surface area contributed by atoms with Crippen LogP contribution in [0.4, 0.5) is 0 Å². The highest BCUT2D eigenvalue weighted by Crippen LogP contribution is 2.42. The molecule has 0 saturated carbocycles. The number of aromatic nitrogens is 4. The second kappa shape index (κ2) is 7.50. The quantitative estimate of drug-likeness (QED) is 0.452. The fourth-order valence-electron chi connectivity index (χ4n) is 5.18. The van der Waals surface area contributed by atoms with E-state index < -0.39 is 6.10 Å². The first-order valence-corrected chi connectivity index (χ1v) is 11.2. The Morgan fingerprint density at radius 3 is 2.56 bits per heavy atom. The van der Waals surface area contributed by atoms with Crippen molar-refractivity contribution >= 4 is 21.8 Å². The Balaban J connectivity index is 1.74. The predicted molar refractivity (Wildman–Crippen MR) is 131 cm³/mol. The molecule has 0 radical (unpaired) electrons. The van der Waals surface area contributed by atoms with Gasteiger partial charge in [0.25, 0.3) is 5.56 Å². The molecule has 4 heterocycles. The van der Waals surface area contributed by atoms with Crippen LogP contribution in [0, 0.1) is 0 Å². The maximum atomic E-state index is 13.5. The summed E-state index contributed by atoms with van der Waals surface area (Å²) >= 11 is 0. The topological polar surface area (TPSA) is 83.2 Å². The van der Waals surface area contributed by atoms with Crippen molar-refractivity contribution in [2.24, 2.45) is 14.1 Å². The summed E-state index contributed by atoms with van der Waals surface area (Å²) in [6, 6.07) is 15.7. The summed E-state index contributed by atoms with van der Waals surface area (Å²) in [6.45, 7) is 1.05. The number of nitrogens with zero attached hydrogens (tertiary/aromatic N) is 3. The molecule has 0 spiro atoms. The normalized spacial score (nSPS) is 15.7. The molecule has 1 N–H and O–H groups in total. The molecule has 1 atom stereocenters. The zero-order chi connectivity index (χ0) is 23.6. The number of H-pyrrole nitrogens is 1. The first-order valence-electron chi connectivity index (χ1n) is 11.2. The van der Waals surface area contributed by atoms with Crippen molar-refractivity contribution in [2.45, 2.75) is 12.6 Å². The van der Waals surface area contributed by atoms with Gasteiger partial charge in [-0.1, -0.05) is 18.2 Å². The molecular formula is C26H24N4O4. The molecule has 6 rings (SSSR count). The second-order valence-electron chi connectivity index (χ2n) is 8.58. The summed E-state index contributed by atoms with van der Waals surface area (Å²) in [7, 11) is 4.86. The Morgan fingerprint density at radius 2 is 1.79 bits per heavy atom. The van der Waals surface area contributed by atoms with Crippen molar-refractivity contribution < 1.29 is 9.47 Å². The van der Waals surface area contributed by atoms with Gasteiger partial charge in [0.15, 0.2) is 0 Å². The summed E-state index contributed by atoms with van der Waals surface area (Å²) in [5.41, 5.74) is 4.39. The molecule has 0 saturated heterocycles. The molecule has 8 heteroatoms. The summed E-state index contributed by atoms with van der Waals surface area (Å²) in [4.78, 5) is 29.8. The van der Waals surface area contributed by atoms with Crippen LogP contribution in [0.3, 0.4) is 0 Å². The van der Waals surface area contributed by atoms with E-state index >= 15 is 0 Å². The van der Waals surface area contributed by atoms with Gasteiger partial charge in [-0.3, -0.25) is 13.9 Å². The molecule has 0 fully saturated rings. The lowest BCUT2D eigenvalue weighted by Crippen LogP contribution is -2.37. The van der Waals surface area contributed by atoms with Crippen LogP contribution in [-0.2, 0) is 25.4 Å². The van der Waals surface area contributed by atoms with Gasteiger partial charge in [-0.05, 0) is 35.9 Å². The minimum atomic E-state index is -0.433. The monoisotopic (exact) mass is 456 g/mol. The largest absolute Gasteiger partial charge is 0.497 e. The average Bonchev–Trinajstić information content (AvgIpc) is 3.46. The third-order valence-electron chi connectivity index (χ3n) is 6.82. The van der Waals surface area contributed by atoms with Gasteiger partial charge in [-0.25, -0.2) is 4.79 Å². The summed E-state index contributed by atoms with van der Waals surface area (Å²) < 4.78 is 16.5. The van der Waals surface area contributed by atoms with Crippen LogP contribution in [0.25, 0.3) is 33.1 Å². The number of hydrogen-bond donors (Lipinski definition) is 1. The van der Waals surface area contributed by atoms with Crippen molar-refractivity contribution in [2.75, 3.05) is 13.7 Å². The van der Waals surface area contributed by atoms with Crippen LogP contribution in [0.2, 0.25) is 0 Å². The lowest BCUT2D eigenvalue weighted by atomic mass is 10.0. The third kappa shape index (κ3) is 2.75. The number of para-hydroxylation sites is 1. The van der Waals surface area contributed by atoms with E-state index in [1.807, 2.05) is 48.7 Å². The minimum absolute atomic E-state index is 0.316. The zero-order valence-electron chi connectivity index (χ0n) is 19.2. The number of benzene rings is 2. The van der Waals surface area contributed by atoms with E-state index in [1.54, 1.807) is 18.7 Å². The highest BCUT2D eigenvalue weighted by Gasteiger charge is 2.34. The zero-order valence-corrected chi connectivity index (χ0v) is 19.2. The van der Waals surface area contributed by atoms with Gasteiger partial charge in [0.05, 0.1) is 36.0 Å². The van der Waals surface area contributed by atoms with Gasteiger partial charge in [-0.2, -0.15) is 0 Å². The van der Waals surface area contributed by atoms with Gasteiger partial charge in [0.1, 0.15) is 11.9 Å². The molecule has 3 aromatic heterocycles. The predicted octanol–water partition coefficient (Wildman–Crippen LogP) is 3.32. The van der Waals surface area contributed by atoms with E-state index in [4.69, 9.17) is 9.47 Å². The Labute approximate surface area is 194 Å². The van der Waals surface area contributed by atoms with Gasteiger partial charge >= 0.3 is 5.69 Å². The Hall–Kier alpha value is -4.04. The van der Waals surface area contributed by atoms with E-state index in [2.05, 4.69) is 15.6 Å². The summed E-state index contributed by atoms with van der Waals surface area (Å²) in [5, 5.41) is 1.57. The number of hydrogen-bond acceptors (Lipinski definition) is 4. The molecule has 8 nitrogen and oxygen atoms in total. The Kier molecular flexibility index (Phi) is 4.53. The number of methoxy groups -OCH3 is 1. The van der Waals surface area contributed by atoms with Crippen LogP contribution in [0.5, 0.6) is 5.75 Å². The van der Waals surface area contributed by atoms with Crippen LogP contribution in [0.15, 0.2) is 64.3 Å². The maximum Gasteiger partial charge on any atom is 0.331 e. The molecular weight excluding hydrogens is 432 g/mol. The Morgan fingerprint density at radius 1 is 1.03 bits per heavy atom. The fourth-order valence-corrected chi connectivity index (χ4v) is 5.18.